The molecule has 12 nitrogen and oxygen atoms in total. The van der Waals surface area contributed by atoms with Crippen molar-refractivity contribution in [3.63, 3.8) is 0 Å². The predicted molar refractivity (Wildman–Crippen MR) is 179 cm³/mol. The van der Waals surface area contributed by atoms with Crippen LogP contribution in [0.4, 0.5) is 5.82 Å². The minimum atomic E-state index is -0.281. The number of unbranched alkanes of at least 4 members (excludes halogenated alkanes) is 2. The molecule has 3 heterocycles. The molecule has 44 heavy (non-hydrogen) atoms. The van der Waals surface area contributed by atoms with Crippen LogP contribution in [0.3, 0.4) is 0 Å². The molecular weight excluding hydrogens is 558 g/mol. The predicted octanol–water partition coefficient (Wildman–Crippen LogP) is 3.38. The molecule has 0 unspecified atom stereocenters. The number of imidazole rings is 1. The molecule has 0 radical (unpaired) electrons. The monoisotopic (exact) mass is 613 g/mol. The Morgan fingerprint density at radius 3 is 2.23 bits per heavy atom. The molecule has 246 valence electrons. The summed E-state index contributed by atoms with van der Waals surface area (Å²) in [5.74, 6) is 0.752. The number of rotatable bonds is 14. The molecule has 0 bridgehead atoms. The number of hydrogen-bond acceptors (Lipinski definition) is 9. The maximum atomic E-state index is 12.6. The summed E-state index contributed by atoms with van der Waals surface area (Å²) in [6.45, 7) is 13.7. The van der Waals surface area contributed by atoms with Crippen molar-refractivity contribution in [1.29, 1.82) is 0 Å². The first-order valence-electron chi connectivity index (χ1n) is 16.2. The van der Waals surface area contributed by atoms with Crippen molar-refractivity contribution in [2.45, 2.75) is 85.7 Å². The number of amides is 1. The SMILES string of the molecule is CC.CCCCN.CCCCOc1nc(N)c2[nH]c(=O)n(Cc3ccc(CN4CCC(CCNC(=O)CN)CC4)cc3)c2n1. The van der Waals surface area contributed by atoms with Gasteiger partial charge in [-0.05, 0) is 68.8 Å². The fourth-order valence-corrected chi connectivity index (χ4v) is 4.87. The van der Waals surface area contributed by atoms with Gasteiger partial charge in [-0.15, -0.1) is 0 Å². The van der Waals surface area contributed by atoms with E-state index in [2.05, 4.69) is 63.3 Å². The van der Waals surface area contributed by atoms with Crippen LogP contribution in [-0.4, -0.2) is 69.7 Å². The molecule has 0 atom stereocenters. The number of nitrogens with zero attached hydrogens (tertiary/aromatic N) is 4. The van der Waals surface area contributed by atoms with Crippen molar-refractivity contribution in [2.75, 3.05) is 45.1 Å². The molecule has 12 heteroatoms. The lowest BCUT2D eigenvalue weighted by Gasteiger charge is -2.32. The van der Waals surface area contributed by atoms with Crippen molar-refractivity contribution < 1.29 is 9.53 Å². The number of fused-ring (bicyclic) bond motifs is 1. The van der Waals surface area contributed by atoms with Crippen LogP contribution in [0.25, 0.3) is 11.2 Å². The lowest BCUT2D eigenvalue weighted by molar-refractivity contribution is -0.119. The van der Waals surface area contributed by atoms with Gasteiger partial charge < -0.3 is 32.2 Å². The summed E-state index contributed by atoms with van der Waals surface area (Å²) >= 11 is 0. The number of hydrogen-bond donors (Lipinski definition) is 5. The highest BCUT2D eigenvalue weighted by Gasteiger charge is 2.19. The number of aromatic amines is 1. The van der Waals surface area contributed by atoms with E-state index in [1.807, 2.05) is 13.8 Å². The van der Waals surface area contributed by atoms with Gasteiger partial charge in [0.25, 0.3) is 0 Å². The summed E-state index contributed by atoms with van der Waals surface area (Å²) in [7, 11) is 0. The van der Waals surface area contributed by atoms with Crippen LogP contribution in [0.5, 0.6) is 6.01 Å². The van der Waals surface area contributed by atoms with E-state index in [1.165, 1.54) is 18.4 Å². The van der Waals surface area contributed by atoms with Crippen LogP contribution in [0.1, 0.15) is 83.8 Å². The van der Waals surface area contributed by atoms with Crippen molar-refractivity contribution in [1.82, 2.24) is 29.7 Å². The van der Waals surface area contributed by atoms with Crippen molar-refractivity contribution >= 4 is 22.9 Å². The number of carbonyl (C=O) groups is 1. The summed E-state index contributed by atoms with van der Waals surface area (Å²) in [5.41, 5.74) is 19.3. The highest BCUT2D eigenvalue weighted by Crippen LogP contribution is 2.22. The maximum absolute atomic E-state index is 12.6. The van der Waals surface area contributed by atoms with Crippen LogP contribution in [0.2, 0.25) is 0 Å². The van der Waals surface area contributed by atoms with E-state index in [0.29, 0.717) is 36.8 Å². The molecule has 8 N–H and O–H groups in total. The Hall–Kier alpha value is -3.48. The molecule has 1 amide bonds. The number of nitrogen functional groups attached to an aromatic ring is 1. The summed E-state index contributed by atoms with van der Waals surface area (Å²) in [4.78, 5) is 37.8. The number of nitrogens with one attached hydrogen (secondary N) is 2. The molecule has 1 saturated heterocycles. The minimum absolute atomic E-state index is 0.0494. The van der Waals surface area contributed by atoms with E-state index in [4.69, 9.17) is 21.9 Å². The second kappa shape index (κ2) is 20.5. The smallest absolute Gasteiger partial charge is 0.328 e. The number of aromatic nitrogens is 4. The minimum Gasteiger partial charge on any atom is -0.463 e. The second-order valence-electron chi connectivity index (χ2n) is 10.8. The molecule has 0 aliphatic carbocycles. The zero-order valence-corrected chi connectivity index (χ0v) is 27.2. The normalized spacial score (nSPS) is 13.5. The molecule has 4 rings (SSSR count). The first-order valence-corrected chi connectivity index (χ1v) is 16.2. The maximum Gasteiger partial charge on any atom is 0.328 e. The second-order valence-corrected chi connectivity index (χ2v) is 10.8. The Morgan fingerprint density at radius 2 is 1.66 bits per heavy atom. The highest BCUT2D eigenvalue weighted by molar-refractivity contribution is 5.82. The Bertz CT molecular complexity index is 1280. The first-order chi connectivity index (χ1) is 21.4. The van der Waals surface area contributed by atoms with Gasteiger partial charge in [0.2, 0.25) is 5.91 Å². The van der Waals surface area contributed by atoms with Gasteiger partial charge in [0, 0.05) is 13.1 Å². The molecule has 3 aromatic rings. The Balaban J connectivity index is 0.000000876. The average molecular weight is 614 g/mol. The quantitative estimate of drug-likeness (QED) is 0.170. The van der Waals surface area contributed by atoms with Crippen LogP contribution in [-0.2, 0) is 17.9 Å². The van der Waals surface area contributed by atoms with Crippen LogP contribution >= 0.6 is 0 Å². The average Bonchev–Trinajstić information content (AvgIpc) is 3.35. The van der Waals surface area contributed by atoms with Crippen molar-refractivity contribution in [3.05, 3.63) is 45.9 Å². The molecule has 1 aliphatic rings. The first kappa shape index (κ1) is 36.7. The standard InChI is InChI=1S/C26H38N8O3.C4H11N.C2H6/c1-2-3-14-37-25-31-23(28)22-24(32-25)34(26(36)30-22)17-20-6-4-19(5-7-20)16-33-12-9-18(10-13-33)8-11-29-21(35)15-27;1-2-3-4-5;1-2/h4-7,18H,2-3,8-17,27H2,1H3,(H,29,35)(H,30,36)(H2,28,31,32);2-5H2,1H3;1-2H3. The highest BCUT2D eigenvalue weighted by atomic mass is 16.5. The van der Waals surface area contributed by atoms with Crippen LogP contribution < -0.4 is 32.9 Å². The molecule has 1 aliphatic heterocycles. The van der Waals surface area contributed by atoms with Crippen LogP contribution in [0, 0.1) is 5.92 Å². The number of ether oxygens (including phenoxy) is 1. The summed E-state index contributed by atoms with van der Waals surface area (Å²) < 4.78 is 7.19. The summed E-state index contributed by atoms with van der Waals surface area (Å²) in [6, 6.07) is 8.53. The molecule has 0 spiro atoms. The number of likely N-dealkylation sites (tertiary alicyclic amines) is 1. The van der Waals surface area contributed by atoms with E-state index < -0.39 is 0 Å². The van der Waals surface area contributed by atoms with Crippen molar-refractivity contribution in [2.24, 2.45) is 17.4 Å². The van der Waals surface area contributed by atoms with E-state index >= 15 is 0 Å². The van der Waals surface area contributed by atoms with Gasteiger partial charge in [0.05, 0.1) is 19.7 Å². The van der Waals surface area contributed by atoms with Gasteiger partial charge in [-0.2, -0.15) is 9.97 Å². The fraction of sp³-hybridized carbons (Fsp3) is 0.625. The molecule has 1 aromatic carbocycles. The van der Waals surface area contributed by atoms with Crippen molar-refractivity contribution in [3.8, 4) is 6.01 Å². The molecule has 0 saturated carbocycles. The number of nitrogens with two attached hydrogens (primary N) is 3. The van der Waals surface area contributed by atoms with Gasteiger partial charge >= 0.3 is 11.7 Å². The van der Waals surface area contributed by atoms with Gasteiger partial charge in [-0.25, -0.2) is 4.79 Å². The zero-order chi connectivity index (χ0) is 32.3. The van der Waals surface area contributed by atoms with Gasteiger partial charge in [-0.3, -0.25) is 14.3 Å². The van der Waals surface area contributed by atoms with E-state index in [1.54, 1.807) is 4.57 Å². The topological polar surface area (TPSA) is 183 Å². The Labute approximate surface area is 262 Å². The number of carbonyl (C=O) groups excluding carboxylic acids is 1. The van der Waals surface area contributed by atoms with Gasteiger partial charge in [0.15, 0.2) is 11.5 Å². The number of H-pyrrole nitrogens is 1. The third-order valence-corrected chi connectivity index (χ3v) is 7.45. The summed E-state index contributed by atoms with van der Waals surface area (Å²) in [5, 5.41) is 2.86. The third-order valence-electron chi connectivity index (χ3n) is 7.45. The van der Waals surface area contributed by atoms with Crippen LogP contribution in [0.15, 0.2) is 29.1 Å². The van der Waals surface area contributed by atoms with Gasteiger partial charge in [0.1, 0.15) is 5.52 Å². The number of piperidine rings is 1. The number of anilines is 1. The molecule has 2 aromatic heterocycles. The Morgan fingerprint density at radius 1 is 1.02 bits per heavy atom. The van der Waals surface area contributed by atoms with E-state index in [9.17, 15) is 9.59 Å². The number of benzene rings is 1. The largest absolute Gasteiger partial charge is 0.463 e. The third kappa shape index (κ3) is 11.9. The fourth-order valence-electron chi connectivity index (χ4n) is 4.87. The lowest BCUT2D eigenvalue weighted by atomic mass is 9.93. The molecular formula is C32H55N9O3. The lowest BCUT2D eigenvalue weighted by Crippen LogP contribution is -2.36. The summed E-state index contributed by atoms with van der Waals surface area (Å²) in [6.07, 6.45) is 7.54. The zero-order valence-electron chi connectivity index (χ0n) is 27.2. The van der Waals surface area contributed by atoms with Gasteiger partial charge in [-0.1, -0.05) is 64.8 Å². The Kier molecular flexibility index (Phi) is 17.1. The van der Waals surface area contributed by atoms with E-state index in [0.717, 1.165) is 63.8 Å². The molecule has 1 fully saturated rings. The van der Waals surface area contributed by atoms with E-state index in [-0.39, 0.29) is 30.0 Å².